The molecular weight excluding hydrogens is 282 g/mol. The molecule has 1 aliphatic rings. The van der Waals surface area contributed by atoms with Crippen LogP contribution in [0.1, 0.15) is 6.23 Å². The predicted molar refractivity (Wildman–Crippen MR) is 69.3 cm³/mol. The largest absolute Gasteiger partial charge is 0.479 e. The molecule has 0 radical (unpaired) electrons. The molecule has 5 N–H and O–H groups in total. The van der Waals surface area contributed by atoms with Crippen LogP contribution in [0.5, 0.6) is 5.88 Å². The molecule has 0 bridgehead atoms. The van der Waals surface area contributed by atoms with Gasteiger partial charge in [-0.05, 0) is 0 Å². The molecule has 114 valence electrons. The van der Waals surface area contributed by atoms with E-state index in [-0.39, 0.29) is 11.8 Å². The molecule has 10 heteroatoms. The third kappa shape index (κ3) is 2.08. The number of imidazole rings is 1. The number of fused-ring (bicyclic) bond motifs is 1. The van der Waals surface area contributed by atoms with E-state index in [0.717, 1.165) is 0 Å². The number of aliphatic hydroxyl groups is 3. The maximum atomic E-state index is 10.0. The highest BCUT2D eigenvalue weighted by Gasteiger charge is 2.44. The minimum absolute atomic E-state index is 0.0205. The molecule has 1 saturated heterocycles. The summed E-state index contributed by atoms with van der Waals surface area (Å²) in [5.74, 6) is 0.177. The molecule has 0 aromatic carbocycles. The number of ether oxygens (including phenoxy) is 2. The Morgan fingerprint density at radius 1 is 1.38 bits per heavy atom. The molecule has 4 atom stereocenters. The quantitative estimate of drug-likeness (QED) is 0.506. The lowest BCUT2D eigenvalue weighted by Gasteiger charge is -2.16. The van der Waals surface area contributed by atoms with Crippen molar-refractivity contribution in [1.29, 1.82) is 0 Å². The van der Waals surface area contributed by atoms with Gasteiger partial charge in [0.05, 0.1) is 20.0 Å². The van der Waals surface area contributed by atoms with Gasteiger partial charge in [-0.1, -0.05) is 0 Å². The third-order valence-corrected chi connectivity index (χ3v) is 3.39. The second kappa shape index (κ2) is 5.07. The van der Waals surface area contributed by atoms with Crippen LogP contribution in [0.15, 0.2) is 6.33 Å². The second-order valence-corrected chi connectivity index (χ2v) is 4.64. The summed E-state index contributed by atoms with van der Waals surface area (Å²) < 4.78 is 11.9. The van der Waals surface area contributed by atoms with Gasteiger partial charge in [-0.2, -0.15) is 9.97 Å². The van der Waals surface area contributed by atoms with Crippen molar-refractivity contribution in [3.63, 3.8) is 0 Å². The average molecular weight is 297 g/mol. The lowest BCUT2D eigenvalue weighted by Crippen LogP contribution is -2.33. The minimum atomic E-state index is -1.23. The maximum Gasteiger partial charge on any atom is 0.246 e. The molecule has 0 amide bonds. The Hall–Kier alpha value is -2.01. The van der Waals surface area contributed by atoms with Gasteiger partial charge in [0.1, 0.15) is 18.3 Å². The molecule has 0 aliphatic carbocycles. The van der Waals surface area contributed by atoms with Crippen LogP contribution in [-0.4, -0.2) is 66.9 Å². The number of hydrogen-bond donors (Lipinski definition) is 4. The van der Waals surface area contributed by atoms with E-state index >= 15 is 0 Å². The van der Waals surface area contributed by atoms with Gasteiger partial charge in [-0.25, -0.2) is 4.98 Å². The normalized spacial score (nSPS) is 29.1. The zero-order chi connectivity index (χ0) is 15.1. The number of methoxy groups -OCH3 is 1. The van der Waals surface area contributed by atoms with Gasteiger partial charge >= 0.3 is 0 Å². The molecular formula is C11H15N5O5. The Kier molecular flexibility index (Phi) is 3.37. The number of nitrogen functional groups attached to an aromatic ring is 1. The Morgan fingerprint density at radius 3 is 2.76 bits per heavy atom. The monoisotopic (exact) mass is 297 g/mol. The highest BCUT2D eigenvalue weighted by molar-refractivity contribution is 5.77. The summed E-state index contributed by atoms with van der Waals surface area (Å²) in [6.07, 6.45) is -2.90. The zero-order valence-corrected chi connectivity index (χ0v) is 11.1. The van der Waals surface area contributed by atoms with Crippen molar-refractivity contribution in [2.45, 2.75) is 24.5 Å². The molecule has 2 aromatic rings. The molecule has 2 aromatic heterocycles. The van der Waals surface area contributed by atoms with E-state index in [0.29, 0.717) is 11.2 Å². The van der Waals surface area contributed by atoms with Crippen molar-refractivity contribution < 1.29 is 24.8 Å². The number of rotatable bonds is 3. The van der Waals surface area contributed by atoms with Crippen molar-refractivity contribution in [2.75, 3.05) is 19.5 Å². The van der Waals surface area contributed by atoms with Crippen molar-refractivity contribution in [2.24, 2.45) is 0 Å². The second-order valence-electron chi connectivity index (χ2n) is 4.64. The van der Waals surface area contributed by atoms with E-state index in [1.165, 1.54) is 18.0 Å². The van der Waals surface area contributed by atoms with Crippen molar-refractivity contribution >= 4 is 17.1 Å². The maximum absolute atomic E-state index is 10.0. The number of nitrogens with zero attached hydrogens (tertiary/aromatic N) is 4. The molecule has 3 heterocycles. The number of hydrogen-bond acceptors (Lipinski definition) is 9. The van der Waals surface area contributed by atoms with Crippen LogP contribution >= 0.6 is 0 Å². The van der Waals surface area contributed by atoms with E-state index < -0.39 is 31.1 Å². The first-order valence-corrected chi connectivity index (χ1v) is 6.23. The van der Waals surface area contributed by atoms with Gasteiger partial charge in [0.25, 0.3) is 0 Å². The zero-order valence-electron chi connectivity index (χ0n) is 11.1. The van der Waals surface area contributed by atoms with Crippen LogP contribution in [0, 0.1) is 0 Å². The lowest BCUT2D eigenvalue weighted by atomic mass is 10.1. The number of anilines is 1. The Labute approximate surface area is 118 Å². The van der Waals surface area contributed by atoms with Gasteiger partial charge in [-0.3, -0.25) is 4.57 Å². The van der Waals surface area contributed by atoms with E-state index in [1.807, 2.05) is 0 Å². The summed E-state index contributed by atoms with van der Waals surface area (Å²) in [5, 5.41) is 29.0. The van der Waals surface area contributed by atoms with Crippen LogP contribution in [0.3, 0.4) is 0 Å². The number of nitrogens with two attached hydrogens (primary N) is 1. The number of aromatic nitrogens is 4. The van der Waals surface area contributed by atoms with E-state index in [9.17, 15) is 10.2 Å². The summed E-state index contributed by atoms with van der Waals surface area (Å²) in [6, 6.07) is 0. The SMILES string of the molecule is COc1nc(N)nc2c1ncn2[C@@H]1O[C@H](CO)C(O)[C@H]1O. The average Bonchev–Trinajstić information content (AvgIpc) is 3.01. The molecule has 0 saturated carbocycles. The smallest absolute Gasteiger partial charge is 0.246 e. The van der Waals surface area contributed by atoms with E-state index in [4.69, 9.17) is 20.3 Å². The summed E-state index contributed by atoms with van der Waals surface area (Å²) in [5.41, 5.74) is 6.26. The fourth-order valence-electron chi connectivity index (χ4n) is 2.35. The van der Waals surface area contributed by atoms with Crippen LogP contribution < -0.4 is 10.5 Å². The van der Waals surface area contributed by atoms with Crippen molar-refractivity contribution in [3.05, 3.63) is 6.33 Å². The summed E-state index contributed by atoms with van der Waals surface area (Å²) in [7, 11) is 1.42. The minimum Gasteiger partial charge on any atom is -0.479 e. The van der Waals surface area contributed by atoms with Crippen molar-refractivity contribution in [1.82, 2.24) is 19.5 Å². The van der Waals surface area contributed by atoms with Gasteiger partial charge in [0, 0.05) is 0 Å². The summed E-state index contributed by atoms with van der Waals surface area (Å²) in [6.45, 7) is -0.415. The van der Waals surface area contributed by atoms with Gasteiger partial charge in [0.15, 0.2) is 17.4 Å². The Balaban J connectivity index is 2.07. The first kappa shape index (κ1) is 13.9. The first-order chi connectivity index (χ1) is 10.1. The van der Waals surface area contributed by atoms with E-state index in [2.05, 4.69) is 15.0 Å². The highest BCUT2D eigenvalue weighted by atomic mass is 16.6. The van der Waals surface area contributed by atoms with Crippen LogP contribution in [0.25, 0.3) is 11.2 Å². The van der Waals surface area contributed by atoms with Crippen LogP contribution in [0.2, 0.25) is 0 Å². The van der Waals surface area contributed by atoms with Crippen LogP contribution in [0.4, 0.5) is 5.95 Å². The first-order valence-electron chi connectivity index (χ1n) is 6.23. The van der Waals surface area contributed by atoms with Gasteiger partial charge in [0.2, 0.25) is 11.8 Å². The third-order valence-electron chi connectivity index (χ3n) is 3.39. The fourth-order valence-corrected chi connectivity index (χ4v) is 2.35. The Morgan fingerprint density at radius 2 is 2.14 bits per heavy atom. The van der Waals surface area contributed by atoms with E-state index in [1.54, 1.807) is 0 Å². The molecule has 1 aliphatic heterocycles. The molecule has 3 rings (SSSR count). The van der Waals surface area contributed by atoms with Crippen LogP contribution in [-0.2, 0) is 4.74 Å². The molecule has 0 spiro atoms. The number of aliphatic hydroxyl groups excluding tert-OH is 3. The standard InChI is InChI=1S/C11H15N5O5/c1-20-9-5-8(14-11(12)15-9)16(3-13-5)10-7(19)6(18)4(2-17)21-10/h3-4,6-7,10,17-19H,2H2,1H3,(H2,12,14,15)/t4-,6?,7-,10-/m1/s1. The molecule has 1 unspecified atom stereocenters. The topological polar surface area (TPSA) is 149 Å². The molecule has 1 fully saturated rings. The van der Waals surface area contributed by atoms with Gasteiger partial charge < -0.3 is 30.5 Å². The molecule has 21 heavy (non-hydrogen) atoms. The molecule has 10 nitrogen and oxygen atoms in total. The van der Waals surface area contributed by atoms with Crippen molar-refractivity contribution in [3.8, 4) is 5.88 Å². The summed E-state index contributed by atoms with van der Waals surface area (Å²) in [4.78, 5) is 12.1. The predicted octanol–water partition coefficient (Wildman–Crippen LogP) is -1.97. The lowest BCUT2D eigenvalue weighted by molar-refractivity contribution is -0.0511. The van der Waals surface area contributed by atoms with Gasteiger partial charge in [-0.15, -0.1) is 0 Å². The fraction of sp³-hybridized carbons (Fsp3) is 0.545. The summed E-state index contributed by atoms with van der Waals surface area (Å²) >= 11 is 0. The highest BCUT2D eigenvalue weighted by Crippen LogP contribution is 2.32. The Bertz CT molecular complexity index is 662.